The number of hydrogen-bond acceptors (Lipinski definition) is 8. The zero-order valence-corrected chi connectivity index (χ0v) is 16.2. The van der Waals surface area contributed by atoms with Crippen LogP contribution >= 0.6 is 0 Å². The fourth-order valence-corrected chi connectivity index (χ4v) is 3.20. The summed E-state index contributed by atoms with van der Waals surface area (Å²) in [5.74, 6) is -2.31. The maximum atomic E-state index is 11.6. The van der Waals surface area contributed by atoms with Gasteiger partial charge in [0.2, 0.25) is 12.4 Å². The summed E-state index contributed by atoms with van der Waals surface area (Å²) in [6, 6.07) is 3.98. The molecule has 1 aliphatic heterocycles. The SMILES string of the molecule is CC[C@H]1O[C@@H](Oc2ccc(C(=O)O)cc2N)[C@H](OC(C)=O)[C@@H](OC(C)=O)[C@@H]1C. The molecule has 9 nitrogen and oxygen atoms in total. The summed E-state index contributed by atoms with van der Waals surface area (Å²) >= 11 is 0. The van der Waals surface area contributed by atoms with Crippen molar-refractivity contribution in [2.45, 2.75) is 58.7 Å². The summed E-state index contributed by atoms with van der Waals surface area (Å²) in [5, 5.41) is 9.05. The van der Waals surface area contributed by atoms with E-state index in [0.29, 0.717) is 6.42 Å². The molecule has 0 spiro atoms. The van der Waals surface area contributed by atoms with Gasteiger partial charge < -0.3 is 29.8 Å². The highest BCUT2D eigenvalue weighted by molar-refractivity contribution is 5.89. The number of rotatable bonds is 6. The van der Waals surface area contributed by atoms with Crippen molar-refractivity contribution in [2.24, 2.45) is 5.92 Å². The van der Waals surface area contributed by atoms with Gasteiger partial charge in [0.1, 0.15) is 11.9 Å². The van der Waals surface area contributed by atoms with Crippen molar-refractivity contribution in [3.05, 3.63) is 23.8 Å². The third-order valence-electron chi connectivity index (χ3n) is 4.51. The van der Waals surface area contributed by atoms with Crippen molar-refractivity contribution in [2.75, 3.05) is 5.73 Å². The van der Waals surface area contributed by atoms with E-state index in [4.69, 9.17) is 29.8 Å². The van der Waals surface area contributed by atoms with Crippen LogP contribution in [0.1, 0.15) is 44.5 Å². The quantitative estimate of drug-likeness (QED) is 0.547. The second kappa shape index (κ2) is 8.92. The number of hydrogen-bond donors (Lipinski definition) is 2. The number of carbonyl (C=O) groups is 3. The zero-order valence-electron chi connectivity index (χ0n) is 16.2. The number of carbonyl (C=O) groups excluding carboxylic acids is 2. The number of nitrogens with two attached hydrogens (primary N) is 1. The number of carboxylic acid groups (broad SMARTS) is 1. The van der Waals surface area contributed by atoms with Crippen LogP contribution in [0.25, 0.3) is 0 Å². The predicted molar refractivity (Wildman–Crippen MR) is 97.7 cm³/mol. The van der Waals surface area contributed by atoms with E-state index in [1.165, 1.54) is 32.0 Å². The number of ether oxygens (including phenoxy) is 4. The Kier molecular flexibility index (Phi) is 6.85. The number of nitrogen functional groups attached to an aromatic ring is 1. The van der Waals surface area contributed by atoms with Crippen LogP contribution in [0.4, 0.5) is 5.69 Å². The Hall–Kier alpha value is -2.81. The van der Waals surface area contributed by atoms with Gasteiger partial charge in [0, 0.05) is 19.8 Å². The van der Waals surface area contributed by atoms with Crippen molar-refractivity contribution < 1.29 is 38.4 Å². The summed E-state index contributed by atoms with van der Waals surface area (Å²) in [6.07, 6.45) is -2.59. The highest BCUT2D eigenvalue weighted by atomic mass is 16.7. The maximum Gasteiger partial charge on any atom is 0.335 e. The van der Waals surface area contributed by atoms with Gasteiger partial charge in [0.05, 0.1) is 17.4 Å². The van der Waals surface area contributed by atoms with Crippen LogP contribution < -0.4 is 10.5 Å². The Labute approximate surface area is 162 Å². The minimum Gasteiger partial charge on any atom is -0.478 e. The van der Waals surface area contributed by atoms with Gasteiger partial charge in [0.25, 0.3) is 0 Å². The van der Waals surface area contributed by atoms with E-state index in [0.717, 1.165) is 0 Å². The van der Waals surface area contributed by atoms with E-state index >= 15 is 0 Å². The fraction of sp³-hybridized carbons (Fsp3) is 0.526. The lowest BCUT2D eigenvalue weighted by atomic mass is 9.89. The standard InChI is InChI=1S/C19H25NO8/c1-5-14-9(2)16(25-10(3)21)17(26-11(4)22)19(27-14)28-15-7-6-12(18(23)24)8-13(15)20/h6-9,14,16-17,19H,5,20H2,1-4H3,(H,23,24)/t9-,14-,16+,17-,19+/m1/s1. The normalized spacial score (nSPS) is 26.9. The second-order valence-electron chi connectivity index (χ2n) is 6.63. The topological polar surface area (TPSA) is 134 Å². The van der Waals surface area contributed by atoms with Gasteiger partial charge in [-0.15, -0.1) is 0 Å². The van der Waals surface area contributed by atoms with Crippen LogP contribution in [0.5, 0.6) is 5.75 Å². The smallest absolute Gasteiger partial charge is 0.335 e. The number of carboxylic acids is 1. The molecule has 9 heteroatoms. The second-order valence-corrected chi connectivity index (χ2v) is 6.63. The molecular formula is C19H25NO8. The van der Waals surface area contributed by atoms with Crippen LogP contribution in [-0.2, 0) is 23.8 Å². The molecule has 3 N–H and O–H groups in total. The van der Waals surface area contributed by atoms with Crippen LogP contribution in [0.15, 0.2) is 18.2 Å². The monoisotopic (exact) mass is 395 g/mol. The molecule has 1 aromatic carbocycles. The molecule has 1 fully saturated rings. The molecule has 1 saturated heterocycles. The molecule has 1 aromatic rings. The van der Waals surface area contributed by atoms with Gasteiger partial charge in [-0.2, -0.15) is 0 Å². The van der Waals surface area contributed by atoms with E-state index in [2.05, 4.69) is 0 Å². The lowest BCUT2D eigenvalue weighted by Crippen LogP contribution is -2.58. The third kappa shape index (κ3) is 4.92. The first kappa shape index (κ1) is 21.5. The summed E-state index contributed by atoms with van der Waals surface area (Å²) < 4.78 is 22.5. The van der Waals surface area contributed by atoms with Gasteiger partial charge in [-0.3, -0.25) is 9.59 Å². The van der Waals surface area contributed by atoms with E-state index in [1.807, 2.05) is 13.8 Å². The van der Waals surface area contributed by atoms with Gasteiger partial charge in [-0.1, -0.05) is 13.8 Å². The highest BCUT2D eigenvalue weighted by Gasteiger charge is 2.48. The molecule has 154 valence electrons. The van der Waals surface area contributed by atoms with Crippen molar-refractivity contribution in [3.63, 3.8) is 0 Å². The molecule has 0 aliphatic carbocycles. The molecular weight excluding hydrogens is 370 g/mol. The molecule has 0 aromatic heterocycles. The van der Waals surface area contributed by atoms with E-state index in [-0.39, 0.29) is 29.0 Å². The average Bonchev–Trinajstić information content (AvgIpc) is 2.60. The number of esters is 2. The minimum atomic E-state index is -1.13. The molecule has 1 heterocycles. The van der Waals surface area contributed by atoms with Gasteiger partial charge >= 0.3 is 17.9 Å². The van der Waals surface area contributed by atoms with Gasteiger partial charge in [0.15, 0.2) is 0 Å². The Bertz CT molecular complexity index is 749. The van der Waals surface area contributed by atoms with Crippen LogP contribution in [0.3, 0.4) is 0 Å². The Morgan fingerprint density at radius 1 is 1.14 bits per heavy atom. The molecule has 1 aliphatic rings. The van der Waals surface area contributed by atoms with Gasteiger partial charge in [-0.25, -0.2) is 4.79 Å². The molecule has 0 bridgehead atoms. The van der Waals surface area contributed by atoms with Crippen molar-refractivity contribution in [3.8, 4) is 5.75 Å². The van der Waals surface area contributed by atoms with Crippen molar-refractivity contribution in [1.29, 1.82) is 0 Å². The van der Waals surface area contributed by atoms with E-state index in [1.54, 1.807) is 0 Å². The molecule has 5 atom stereocenters. The maximum absolute atomic E-state index is 11.6. The summed E-state index contributed by atoms with van der Waals surface area (Å²) in [5.41, 5.74) is 5.98. The van der Waals surface area contributed by atoms with Gasteiger partial charge in [-0.05, 0) is 24.6 Å². The van der Waals surface area contributed by atoms with Crippen LogP contribution in [0, 0.1) is 5.92 Å². The number of aromatic carboxylic acids is 1. The first-order valence-corrected chi connectivity index (χ1v) is 8.93. The number of anilines is 1. The fourth-order valence-electron chi connectivity index (χ4n) is 3.20. The summed E-state index contributed by atoms with van der Waals surface area (Å²) in [7, 11) is 0. The zero-order chi connectivity index (χ0) is 21.0. The largest absolute Gasteiger partial charge is 0.478 e. The molecule has 0 unspecified atom stereocenters. The predicted octanol–water partition coefficient (Wildman–Crippen LogP) is 1.98. The van der Waals surface area contributed by atoms with E-state index in [9.17, 15) is 14.4 Å². The first-order valence-electron chi connectivity index (χ1n) is 8.93. The van der Waals surface area contributed by atoms with Crippen molar-refractivity contribution in [1.82, 2.24) is 0 Å². The molecule has 2 rings (SSSR count). The van der Waals surface area contributed by atoms with Crippen molar-refractivity contribution >= 4 is 23.6 Å². The molecule has 0 amide bonds. The lowest BCUT2D eigenvalue weighted by molar-refractivity contribution is -0.266. The lowest BCUT2D eigenvalue weighted by Gasteiger charge is -2.43. The third-order valence-corrected chi connectivity index (χ3v) is 4.51. The number of benzene rings is 1. The molecule has 0 saturated carbocycles. The summed E-state index contributed by atoms with van der Waals surface area (Å²) in [6.45, 7) is 6.25. The Balaban J connectivity index is 2.35. The van der Waals surface area contributed by atoms with Crippen LogP contribution in [0.2, 0.25) is 0 Å². The Morgan fingerprint density at radius 2 is 1.75 bits per heavy atom. The van der Waals surface area contributed by atoms with Crippen LogP contribution in [-0.4, -0.2) is 47.6 Å². The Morgan fingerprint density at radius 3 is 2.25 bits per heavy atom. The first-order chi connectivity index (χ1) is 13.1. The molecule has 0 radical (unpaired) electrons. The summed E-state index contributed by atoms with van der Waals surface area (Å²) in [4.78, 5) is 34.3. The highest BCUT2D eigenvalue weighted by Crippen LogP contribution is 2.34. The average molecular weight is 395 g/mol. The molecule has 28 heavy (non-hydrogen) atoms. The van der Waals surface area contributed by atoms with E-state index < -0.39 is 36.4 Å². The minimum absolute atomic E-state index is 0.00351.